The highest BCUT2D eigenvalue weighted by molar-refractivity contribution is 7.89. The number of nitrogens with one attached hydrogen (secondary N) is 1. The SMILES string of the molecule is CC(C)OC(=O)OC1CCN(S(=O)(=O)c2cc(C(=O)Nc3cc(F)c(F)c(F)c3)ccc2F)CC1. The Morgan fingerprint density at radius 3 is 2.17 bits per heavy atom. The fraction of sp³-hybridized carbons (Fsp3) is 0.364. The molecule has 190 valence electrons. The third-order valence-corrected chi connectivity index (χ3v) is 6.96. The number of nitrogens with zero attached hydrogens (tertiary/aromatic N) is 1. The molecule has 35 heavy (non-hydrogen) atoms. The zero-order chi connectivity index (χ0) is 25.9. The molecule has 1 fully saturated rings. The van der Waals surface area contributed by atoms with E-state index in [2.05, 4.69) is 5.32 Å². The van der Waals surface area contributed by atoms with E-state index >= 15 is 0 Å². The first kappa shape index (κ1) is 26.4. The van der Waals surface area contributed by atoms with E-state index in [0.717, 1.165) is 22.5 Å². The summed E-state index contributed by atoms with van der Waals surface area (Å²) in [5.74, 6) is -6.90. The first-order chi connectivity index (χ1) is 16.4. The molecular formula is C22H22F4N2O6S. The number of piperidine rings is 1. The molecule has 1 N–H and O–H groups in total. The van der Waals surface area contributed by atoms with Crippen molar-refractivity contribution in [3.8, 4) is 0 Å². The number of carbonyl (C=O) groups excluding carboxylic acids is 2. The van der Waals surface area contributed by atoms with Crippen LogP contribution in [0, 0.1) is 23.3 Å². The van der Waals surface area contributed by atoms with Gasteiger partial charge in [0.15, 0.2) is 17.5 Å². The molecule has 0 unspecified atom stereocenters. The molecule has 13 heteroatoms. The van der Waals surface area contributed by atoms with Crippen LogP contribution in [-0.2, 0) is 19.5 Å². The van der Waals surface area contributed by atoms with E-state index in [1.165, 1.54) is 0 Å². The summed E-state index contributed by atoms with van der Waals surface area (Å²) < 4.78 is 91.4. The van der Waals surface area contributed by atoms with Crippen molar-refractivity contribution < 1.29 is 45.0 Å². The van der Waals surface area contributed by atoms with Gasteiger partial charge in [-0.3, -0.25) is 4.79 Å². The van der Waals surface area contributed by atoms with Crippen LogP contribution in [0.4, 0.5) is 28.0 Å². The van der Waals surface area contributed by atoms with Crippen molar-refractivity contribution in [2.24, 2.45) is 0 Å². The topological polar surface area (TPSA) is 102 Å². The maximum atomic E-state index is 14.5. The van der Waals surface area contributed by atoms with E-state index in [1.54, 1.807) is 13.8 Å². The first-order valence-corrected chi connectivity index (χ1v) is 12.0. The number of anilines is 1. The fourth-order valence-electron chi connectivity index (χ4n) is 3.36. The van der Waals surface area contributed by atoms with Crippen molar-refractivity contribution in [3.63, 3.8) is 0 Å². The molecule has 1 aliphatic rings. The molecule has 1 amide bonds. The molecule has 0 aliphatic carbocycles. The van der Waals surface area contributed by atoms with Crippen LogP contribution in [0.15, 0.2) is 35.2 Å². The summed E-state index contributed by atoms with van der Waals surface area (Å²) in [6, 6.07) is 3.63. The summed E-state index contributed by atoms with van der Waals surface area (Å²) in [6.45, 7) is 3.14. The van der Waals surface area contributed by atoms with Crippen molar-refractivity contribution in [1.82, 2.24) is 4.31 Å². The third kappa shape index (κ3) is 6.28. The highest BCUT2D eigenvalue weighted by atomic mass is 32.2. The van der Waals surface area contributed by atoms with Gasteiger partial charge in [-0.1, -0.05) is 0 Å². The molecule has 1 heterocycles. The molecule has 0 atom stereocenters. The van der Waals surface area contributed by atoms with E-state index < -0.39 is 62.0 Å². The molecule has 2 aromatic rings. The molecule has 1 aliphatic heterocycles. The Morgan fingerprint density at radius 2 is 1.60 bits per heavy atom. The number of carbonyl (C=O) groups is 2. The number of hydrogen-bond acceptors (Lipinski definition) is 6. The van der Waals surface area contributed by atoms with Crippen molar-refractivity contribution in [3.05, 3.63) is 59.2 Å². The Morgan fingerprint density at radius 1 is 1.00 bits per heavy atom. The van der Waals surface area contributed by atoms with Gasteiger partial charge in [0.05, 0.1) is 6.10 Å². The number of benzene rings is 2. The largest absolute Gasteiger partial charge is 0.508 e. The third-order valence-electron chi connectivity index (χ3n) is 5.05. The Labute approximate surface area is 198 Å². The second kappa shape index (κ2) is 10.6. The van der Waals surface area contributed by atoms with Gasteiger partial charge in [0.1, 0.15) is 16.8 Å². The quantitative estimate of drug-likeness (QED) is 0.349. The molecule has 3 rings (SSSR count). The maximum Gasteiger partial charge on any atom is 0.508 e. The van der Waals surface area contributed by atoms with E-state index in [-0.39, 0.29) is 37.6 Å². The average Bonchev–Trinajstić information content (AvgIpc) is 2.77. The normalized spacial score (nSPS) is 15.2. The van der Waals surface area contributed by atoms with Crippen LogP contribution in [0.5, 0.6) is 0 Å². The molecule has 8 nitrogen and oxygen atoms in total. The van der Waals surface area contributed by atoms with Crippen LogP contribution < -0.4 is 5.32 Å². The zero-order valence-electron chi connectivity index (χ0n) is 18.7. The molecule has 1 saturated heterocycles. The lowest BCUT2D eigenvalue weighted by Gasteiger charge is -2.30. The van der Waals surface area contributed by atoms with Gasteiger partial charge in [-0.15, -0.1) is 0 Å². The summed E-state index contributed by atoms with van der Waals surface area (Å²) in [5, 5.41) is 2.11. The van der Waals surface area contributed by atoms with Gasteiger partial charge < -0.3 is 14.8 Å². The minimum absolute atomic E-state index is 0.0774. The summed E-state index contributed by atoms with van der Waals surface area (Å²) >= 11 is 0. The smallest absolute Gasteiger partial charge is 0.432 e. The van der Waals surface area contributed by atoms with E-state index in [0.29, 0.717) is 12.1 Å². The lowest BCUT2D eigenvalue weighted by molar-refractivity contribution is -0.00599. The Balaban J connectivity index is 1.73. The summed E-state index contributed by atoms with van der Waals surface area (Å²) in [6.07, 6.45) is -1.53. The van der Waals surface area contributed by atoms with Crippen molar-refractivity contribution in [2.45, 2.75) is 43.8 Å². The van der Waals surface area contributed by atoms with Crippen LogP contribution in [0.1, 0.15) is 37.0 Å². The lowest BCUT2D eigenvalue weighted by atomic mass is 10.1. The average molecular weight is 518 g/mol. The van der Waals surface area contributed by atoms with E-state index in [4.69, 9.17) is 9.47 Å². The van der Waals surface area contributed by atoms with Crippen LogP contribution in [0.3, 0.4) is 0 Å². The zero-order valence-corrected chi connectivity index (χ0v) is 19.5. The number of rotatable bonds is 6. The summed E-state index contributed by atoms with van der Waals surface area (Å²) in [4.78, 5) is 23.3. The Kier molecular flexibility index (Phi) is 8.00. The highest BCUT2D eigenvalue weighted by Gasteiger charge is 2.33. The van der Waals surface area contributed by atoms with E-state index in [1.807, 2.05) is 0 Å². The molecule has 0 aromatic heterocycles. The molecular weight excluding hydrogens is 496 g/mol. The minimum Gasteiger partial charge on any atom is -0.432 e. The van der Waals surface area contributed by atoms with Gasteiger partial charge in [0.25, 0.3) is 5.91 Å². The number of halogens is 4. The van der Waals surface area contributed by atoms with Gasteiger partial charge >= 0.3 is 6.16 Å². The van der Waals surface area contributed by atoms with Crippen LogP contribution in [0.2, 0.25) is 0 Å². The lowest BCUT2D eigenvalue weighted by Crippen LogP contribution is -2.41. The second-order valence-electron chi connectivity index (χ2n) is 7.99. The summed E-state index contributed by atoms with van der Waals surface area (Å²) in [5.41, 5.74) is -0.733. The van der Waals surface area contributed by atoms with Crippen LogP contribution in [0.25, 0.3) is 0 Å². The standard InChI is InChI=1S/C22H22F4N2O6S/c1-12(2)33-22(30)34-15-5-7-28(8-6-15)35(31,32)19-9-13(3-4-16(19)23)21(29)27-14-10-17(24)20(26)18(25)11-14/h3-4,9-12,15H,5-8H2,1-2H3,(H,27,29). The molecule has 0 spiro atoms. The van der Waals surface area contributed by atoms with Crippen LogP contribution >= 0.6 is 0 Å². The van der Waals surface area contributed by atoms with Crippen molar-refractivity contribution in [1.29, 1.82) is 0 Å². The number of ether oxygens (including phenoxy) is 2. The molecule has 0 saturated carbocycles. The Hall–Kier alpha value is -3.19. The monoisotopic (exact) mass is 518 g/mol. The first-order valence-electron chi connectivity index (χ1n) is 10.5. The predicted molar refractivity (Wildman–Crippen MR) is 115 cm³/mol. The number of hydrogen-bond donors (Lipinski definition) is 1. The summed E-state index contributed by atoms with van der Waals surface area (Å²) in [7, 11) is -4.37. The van der Waals surface area contributed by atoms with Crippen molar-refractivity contribution >= 4 is 27.8 Å². The predicted octanol–water partition coefficient (Wildman–Crippen LogP) is 4.21. The van der Waals surface area contributed by atoms with Gasteiger partial charge in [-0.25, -0.2) is 30.8 Å². The van der Waals surface area contributed by atoms with Crippen molar-refractivity contribution in [2.75, 3.05) is 18.4 Å². The highest BCUT2D eigenvalue weighted by Crippen LogP contribution is 2.26. The van der Waals surface area contributed by atoms with Gasteiger partial charge in [-0.05, 0) is 44.9 Å². The molecule has 2 aromatic carbocycles. The second-order valence-corrected chi connectivity index (χ2v) is 9.90. The Bertz CT molecular complexity index is 1210. The van der Waals surface area contributed by atoms with Gasteiger partial charge in [0, 0.05) is 36.5 Å². The van der Waals surface area contributed by atoms with E-state index in [9.17, 15) is 35.6 Å². The van der Waals surface area contributed by atoms with Crippen LogP contribution in [-0.4, -0.2) is 50.1 Å². The molecule has 0 bridgehead atoms. The molecule has 0 radical (unpaired) electrons. The minimum atomic E-state index is -4.37. The maximum absolute atomic E-state index is 14.5. The van der Waals surface area contributed by atoms with Gasteiger partial charge in [-0.2, -0.15) is 4.31 Å². The fourth-order valence-corrected chi connectivity index (χ4v) is 4.92. The number of sulfonamides is 1. The van der Waals surface area contributed by atoms with Gasteiger partial charge in [0.2, 0.25) is 10.0 Å². The number of amides is 1.